The van der Waals surface area contributed by atoms with Gasteiger partial charge in [0.25, 0.3) is 0 Å². The fourth-order valence-electron chi connectivity index (χ4n) is 0.741. The van der Waals surface area contributed by atoms with E-state index < -0.39 is 5.97 Å². The van der Waals surface area contributed by atoms with Crippen LogP contribution in [0.3, 0.4) is 0 Å². The predicted octanol–water partition coefficient (Wildman–Crippen LogP) is 2.19. The second-order valence-corrected chi connectivity index (χ2v) is 2.97. The predicted molar refractivity (Wildman–Crippen MR) is 49.8 cm³/mol. The van der Waals surface area contributed by atoms with Gasteiger partial charge in [-0.05, 0) is 20.3 Å². The molecule has 0 aliphatic heterocycles. The third kappa shape index (κ3) is 5.02. The number of carbonyl (C=O) groups excluding carboxylic acids is 1. The van der Waals surface area contributed by atoms with Gasteiger partial charge in [0.15, 0.2) is 0 Å². The highest BCUT2D eigenvalue weighted by molar-refractivity contribution is 5.92. The highest BCUT2D eigenvalue weighted by atomic mass is 16.5. The van der Waals surface area contributed by atoms with E-state index in [1.54, 1.807) is 19.9 Å². The van der Waals surface area contributed by atoms with Gasteiger partial charge in [-0.2, -0.15) is 5.26 Å². The molecule has 0 radical (unpaired) electrons. The standard InChI is InChI=1S/C10H15NO2/c1-4-5-6-9(7-11)10(12)13-8(2)3/h6,8H,4-5H2,1-3H3/b9-6+. The monoisotopic (exact) mass is 181 g/mol. The second kappa shape index (κ2) is 6.24. The Morgan fingerprint density at radius 1 is 1.62 bits per heavy atom. The molecule has 0 heterocycles. The topological polar surface area (TPSA) is 50.1 Å². The van der Waals surface area contributed by atoms with Crippen LogP contribution in [0.25, 0.3) is 0 Å². The highest BCUT2D eigenvalue weighted by Gasteiger charge is 2.10. The first-order valence-electron chi connectivity index (χ1n) is 4.43. The number of unbranched alkanes of at least 4 members (excludes halogenated alkanes) is 1. The van der Waals surface area contributed by atoms with Gasteiger partial charge in [-0.3, -0.25) is 0 Å². The van der Waals surface area contributed by atoms with Crippen molar-refractivity contribution in [3.8, 4) is 6.07 Å². The minimum atomic E-state index is -0.522. The molecule has 3 nitrogen and oxygen atoms in total. The maximum atomic E-state index is 11.2. The van der Waals surface area contributed by atoms with Crippen molar-refractivity contribution in [1.82, 2.24) is 0 Å². The number of ether oxygens (including phenoxy) is 1. The Morgan fingerprint density at radius 2 is 2.23 bits per heavy atom. The number of carbonyl (C=O) groups is 1. The second-order valence-electron chi connectivity index (χ2n) is 2.97. The van der Waals surface area contributed by atoms with E-state index in [0.29, 0.717) is 0 Å². The Bertz CT molecular complexity index is 236. The van der Waals surface area contributed by atoms with Gasteiger partial charge >= 0.3 is 5.97 Å². The zero-order valence-electron chi connectivity index (χ0n) is 8.33. The molecule has 0 atom stereocenters. The molecule has 0 fully saturated rings. The zero-order chi connectivity index (χ0) is 10.3. The highest BCUT2D eigenvalue weighted by Crippen LogP contribution is 2.02. The first-order valence-corrected chi connectivity index (χ1v) is 4.43. The molecule has 0 amide bonds. The average molecular weight is 181 g/mol. The van der Waals surface area contributed by atoms with Crippen molar-refractivity contribution < 1.29 is 9.53 Å². The molecular formula is C10H15NO2. The summed E-state index contributed by atoms with van der Waals surface area (Å²) >= 11 is 0. The molecule has 3 heteroatoms. The fourth-order valence-corrected chi connectivity index (χ4v) is 0.741. The molecule has 0 aliphatic carbocycles. The van der Waals surface area contributed by atoms with Crippen LogP contribution in [-0.4, -0.2) is 12.1 Å². The molecule has 0 aromatic carbocycles. The first kappa shape index (κ1) is 11.7. The van der Waals surface area contributed by atoms with Gasteiger partial charge in [0.05, 0.1) is 6.10 Å². The molecular weight excluding hydrogens is 166 g/mol. The van der Waals surface area contributed by atoms with Gasteiger partial charge in [0.2, 0.25) is 0 Å². The Labute approximate surface area is 79.0 Å². The van der Waals surface area contributed by atoms with Gasteiger partial charge < -0.3 is 4.74 Å². The SMILES string of the molecule is CCC/C=C(\C#N)C(=O)OC(C)C. The lowest BCUT2D eigenvalue weighted by atomic mass is 10.2. The molecule has 0 N–H and O–H groups in total. The maximum absolute atomic E-state index is 11.2. The van der Waals surface area contributed by atoms with E-state index in [4.69, 9.17) is 10.00 Å². The van der Waals surface area contributed by atoms with Crippen LogP contribution in [0.2, 0.25) is 0 Å². The van der Waals surface area contributed by atoms with Crippen LogP contribution in [0.5, 0.6) is 0 Å². The molecule has 0 saturated heterocycles. The van der Waals surface area contributed by atoms with Gasteiger partial charge in [-0.15, -0.1) is 0 Å². The molecule has 0 aliphatic rings. The number of esters is 1. The van der Waals surface area contributed by atoms with E-state index in [1.807, 2.05) is 13.0 Å². The molecule has 0 bridgehead atoms. The maximum Gasteiger partial charge on any atom is 0.348 e. The van der Waals surface area contributed by atoms with Crippen molar-refractivity contribution >= 4 is 5.97 Å². The number of nitrogens with zero attached hydrogens (tertiary/aromatic N) is 1. The minimum Gasteiger partial charge on any atom is -0.459 e. The van der Waals surface area contributed by atoms with Crippen molar-refractivity contribution in [3.05, 3.63) is 11.6 Å². The fraction of sp³-hybridized carbons (Fsp3) is 0.600. The van der Waals surface area contributed by atoms with Gasteiger partial charge in [-0.1, -0.05) is 19.4 Å². The Balaban J connectivity index is 4.26. The van der Waals surface area contributed by atoms with Crippen LogP contribution < -0.4 is 0 Å². The van der Waals surface area contributed by atoms with E-state index in [9.17, 15) is 4.79 Å². The van der Waals surface area contributed by atoms with Crippen LogP contribution in [0, 0.1) is 11.3 Å². The molecule has 0 aromatic rings. The summed E-state index contributed by atoms with van der Waals surface area (Å²) in [6.45, 7) is 5.50. The summed E-state index contributed by atoms with van der Waals surface area (Å²) in [5.41, 5.74) is 0.107. The lowest BCUT2D eigenvalue weighted by molar-refractivity contribution is -0.142. The van der Waals surface area contributed by atoms with Crippen molar-refractivity contribution in [3.63, 3.8) is 0 Å². The molecule has 72 valence electrons. The third-order valence-electron chi connectivity index (χ3n) is 1.32. The summed E-state index contributed by atoms with van der Waals surface area (Å²) in [7, 11) is 0. The number of allylic oxidation sites excluding steroid dienone is 1. The normalized spacial score (nSPS) is 11.2. The van der Waals surface area contributed by atoms with Crippen LogP contribution in [0.1, 0.15) is 33.6 Å². The summed E-state index contributed by atoms with van der Waals surface area (Å²) in [4.78, 5) is 11.2. The average Bonchev–Trinajstić information content (AvgIpc) is 2.04. The molecule has 0 rings (SSSR count). The van der Waals surface area contributed by atoms with E-state index in [0.717, 1.165) is 12.8 Å². The number of hydrogen-bond donors (Lipinski definition) is 0. The zero-order valence-corrected chi connectivity index (χ0v) is 8.33. The van der Waals surface area contributed by atoms with Crippen molar-refractivity contribution in [1.29, 1.82) is 5.26 Å². The van der Waals surface area contributed by atoms with E-state index in [1.165, 1.54) is 0 Å². The smallest absolute Gasteiger partial charge is 0.348 e. The molecule has 0 aromatic heterocycles. The summed E-state index contributed by atoms with van der Waals surface area (Å²) in [6, 6.07) is 1.83. The first-order chi connectivity index (χ1) is 6.11. The van der Waals surface area contributed by atoms with Crippen LogP contribution in [0.15, 0.2) is 11.6 Å². The van der Waals surface area contributed by atoms with Gasteiger partial charge in [0.1, 0.15) is 11.6 Å². The number of rotatable bonds is 4. The van der Waals surface area contributed by atoms with E-state index in [-0.39, 0.29) is 11.7 Å². The molecule has 0 unspecified atom stereocenters. The van der Waals surface area contributed by atoms with E-state index >= 15 is 0 Å². The minimum absolute atomic E-state index is 0.107. The quantitative estimate of drug-likeness (QED) is 0.379. The third-order valence-corrected chi connectivity index (χ3v) is 1.32. The lowest BCUT2D eigenvalue weighted by Crippen LogP contribution is -2.12. The largest absolute Gasteiger partial charge is 0.459 e. The summed E-state index contributed by atoms with van der Waals surface area (Å²) in [5.74, 6) is -0.522. The lowest BCUT2D eigenvalue weighted by Gasteiger charge is -2.05. The Hall–Kier alpha value is -1.30. The molecule has 0 saturated carbocycles. The molecule has 13 heavy (non-hydrogen) atoms. The Kier molecular flexibility index (Phi) is 5.62. The van der Waals surface area contributed by atoms with Gasteiger partial charge in [0, 0.05) is 0 Å². The summed E-state index contributed by atoms with van der Waals surface area (Å²) < 4.78 is 4.87. The summed E-state index contributed by atoms with van der Waals surface area (Å²) in [6.07, 6.45) is 3.09. The van der Waals surface area contributed by atoms with Gasteiger partial charge in [-0.25, -0.2) is 4.79 Å². The summed E-state index contributed by atoms with van der Waals surface area (Å²) in [5, 5.41) is 8.62. The van der Waals surface area contributed by atoms with Crippen LogP contribution >= 0.6 is 0 Å². The van der Waals surface area contributed by atoms with Crippen molar-refractivity contribution in [2.45, 2.75) is 39.7 Å². The number of hydrogen-bond acceptors (Lipinski definition) is 3. The Morgan fingerprint density at radius 3 is 2.62 bits per heavy atom. The van der Waals surface area contributed by atoms with Crippen LogP contribution in [0.4, 0.5) is 0 Å². The van der Waals surface area contributed by atoms with Crippen LogP contribution in [-0.2, 0) is 9.53 Å². The van der Waals surface area contributed by atoms with E-state index in [2.05, 4.69) is 0 Å². The van der Waals surface area contributed by atoms with Crippen molar-refractivity contribution in [2.24, 2.45) is 0 Å². The number of nitriles is 1. The molecule has 0 spiro atoms. The van der Waals surface area contributed by atoms with Crippen molar-refractivity contribution in [2.75, 3.05) is 0 Å².